The molecule has 5 aromatic rings. The van der Waals surface area contributed by atoms with Gasteiger partial charge in [-0.05, 0) is 69.4 Å². The molecular weight excluding hydrogens is 887 g/mol. The molecule has 4 fully saturated rings. The Kier molecular flexibility index (Phi) is 16.5. The maximum Gasteiger partial charge on any atom is 0.169 e. The fraction of sp³-hybridized carbons (Fsp3) is 0.474. The van der Waals surface area contributed by atoms with Crippen LogP contribution >= 0.6 is 0 Å². The number of aliphatic hydroxyl groups excluding tert-OH is 2. The van der Waals surface area contributed by atoms with E-state index in [1.54, 1.807) is 0 Å². The predicted octanol–water partition coefficient (Wildman–Crippen LogP) is 9.67. The zero-order chi connectivity index (χ0) is 48.5. The lowest BCUT2D eigenvalue weighted by molar-refractivity contribution is -0.340. The molecule has 13 heteroatoms. The van der Waals surface area contributed by atoms with Gasteiger partial charge in [-0.25, -0.2) is 0 Å². The highest BCUT2D eigenvalue weighted by Gasteiger charge is 2.64. The van der Waals surface area contributed by atoms with Gasteiger partial charge in [0.1, 0.15) is 61.0 Å². The summed E-state index contributed by atoms with van der Waals surface area (Å²) in [5.41, 5.74) is 14.6. The van der Waals surface area contributed by atoms with Gasteiger partial charge in [0.25, 0.3) is 0 Å². The number of rotatable bonds is 21. The first-order chi connectivity index (χ1) is 34.2. The van der Waals surface area contributed by atoms with Crippen LogP contribution < -0.4 is 0 Å². The van der Waals surface area contributed by atoms with Gasteiger partial charge in [-0.2, -0.15) is 0 Å². The molecule has 0 aromatic heterocycles. The molecule has 0 spiro atoms. The van der Waals surface area contributed by atoms with E-state index in [0.29, 0.717) is 5.92 Å². The van der Waals surface area contributed by atoms with Crippen LogP contribution in [0.25, 0.3) is 10.4 Å². The van der Waals surface area contributed by atoms with Crippen molar-refractivity contribution in [2.75, 3.05) is 6.61 Å². The van der Waals surface area contributed by atoms with Gasteiger partial charge >= 0.3 is 0 Å². The lowest BCUT2D eigenvalue weighted by Gasteiger charge is -2.52. The maximum atomic E-state index is 13.2. The van der Waals surface area contributed by atoms with E-state index in [1.165, 1.54) is 0 Å². The Labute approximate surface area is 411 Å². The van der Waals surface area contributed by atoms with Crippen LogP contribution in [-0.4, -0.2) is 90.2 Å². The van der Waals surface area contributed by atoms with Crippen LogP contribution in [0, 0.1) is 16.7 Å². The van der Waals surface area contributed by atoms with Crippen LogP contribution in [-0.2, 0) is 70.9 Å². The second kappa shape index (κ2) is 23.0. The average molecular weight is 954 g/mol. The summed E-state index contributed by atoms with van der Waals surface area (Å²) in [5, 5.41) is 28.6. The molecule has 370 valence electrons. The van der Waals surface area contributed by atoms with Crippen molar-refractivity contribution < 1.29 is 48.1 Å². The topological polar surface area (TPSA) is 163 Å². The van der Waals surface area contributed by atoms with E-state index in [4.69, 9.17) is 37.9 Å². The summed E-state index contributed by atoms with van der Waals surface area (Å²) in [4.78, 5) is 3.30. The minimum Gasteiger partial charge on any atom is -0.394 e. The van der Waals surface area contributed by atoms with Crippen LogP contribution in [0.4, 0.5) is 0 Å². The van der Waals surface area contributed by atoms with Crippen molar-refractivity contribution >= 4 is 0 Å². The van der Waals surface area contributed by atoms with E-state index in [-0.39, 0.29) is 50.0 Å². The number of nitrogens with zero attached hydrogens (tertiary/aromatic N) is 3. The highest BCUT2D eigenvalue weighted by molar-refractivity contribution is 5.19. The molecule has 3 saturated carbocycles. The molecule has 4 aliphatic rings. The van der Waals surface area contributed by atoms with Gasteiger partial charge in [0.15, 0.2) is 6.29 Å². The average Bonchev–Trinajstić information content (AvgIpc) is 3.73. The van der Waals surface area contributed by atoms with E-state index >= 15 is 0 Å². The van der Waals surface area contributed by atoms with Crippen LogP contribution in [0.2, 0.25) is 0 Å². The smallest absolute Gasteiger partial charge is 0.169 e. The lowest BCUT2D eigenvalue weighted by Crippen LogP contribution is -2.69. The van der Waals surface area contributed by atoms with E-state index in [2.05, 4.69) is 30.8 Å². The third-order valence-corrected chi connectivity index (χ3v) is 15.7. The van der Waals surface area contributed by atoms with Crippen LogP contribution in [0.15, 0.2) is 157 Å². The summed E-state index contributed by atoms with van der Waals surface area (Å²) in [6.07, 6.45) is -7.85. The van der Waals surface area contributed by atoms with Crippen molar-refractivity contribution in [1.29, 1.82) is 0 Å². The fourth-order valence-corrected chi connectivity index (χ4v) is 11.3. The molecule has 14 atom stereocenters. The van der Waals surface area contributed by atoms with Gasteiger partial charge in [0, 0.05) is 4.91 Å². The first-order valence-electron chi connectivity index (χ1n) is 24.7. The number of fused-ring (bicyclic) bond motifs is 2. The fourth-order valence-electron chi connectivity index (χ4n) is 11.3. The Morgan fingerprint density at radius 3 is 1.31 bits per heavy atom. The van der Waals surface area contributed by atoms with Gasteiger partial charge in [-0.1, -0.05) is 178 Å². The van der Waals surface area contributed by atoms with Crippen molar-refractivity contribution in [3.05, 3.63) is 190 Å². The number of azide groups is 1. The molecule has 0 radical (unpaired) electrons. The van der Waals surface area contributed by atoms with Crippen molar-refractivity contribution in [2.45, 2.75) is 146 Å². The Hall–Kier alpha value is -4.99. The summed E-state index contributed by atoms with van der Waals surface area (Å²) in [7, 11) is 0. The zero-order valence-corrected chi connectivity index (χ0v) is 40.3. The summed E-state index contributed by atoms with van der Waals surface area (Å²) >= 11 is 0. The number of hydrogen-bond acceptors (Lipinski definition) is 11. The number of ether oxygens (including phenoxy) is 8. The van der Waals surface area contributed by atoms with Crippen LogP contribution in [0.3, 0.4) is 0 Å². The number of hydrogen-bond donors (Lipinski definition) is 2. The molecule has 3 aliphatic carbocycles. The van der Waals surface area contributed by atoms with Crippen molar-refractivity contribution in [2.24, 2.45) is 21.9 Å². The summed E-state index contributed by atoms with van der Waals surface area (Å²) in [6.45, 7) is 7.35. The second-order valence-electron chi connectivity index (χ2n) is 20.0. The molecule has 13 nitrogen and oxygen atoms in total. The maximum absolute atomic E-state index is 13.2. The van der Waals surface area contributed by atoms with E-state index in [0.717, 1.165) is 47.1 Å². The largest absolute Gasteiger partial charge is 0.394 e. The summed E-state index contributed by atoms with van der Waals surface area (Å²) in [5.74, 6) is 0.451. The quantitative estimate of drug-likeness (QED) is 0.0411. The first-order valence-corrected chi connectivity index (χ1v) is 24.7. The minimum absolute atomic E-state index is 0.00374. The molecule has 0 unspecified atom stereocenters. The molecule has 70 heavy (non-hydrogen) atoms. The Bertz CT molecular complexity index is 2420. The molecule has 5 aromatic carbocycles. The standard InChI is InChI=1S/C57H67N3O10/c1-56(2)43-29-30-57(56,3)45(31-43)69-50-47(62)51(53(66-36-41-25-15-7-16-26-41)54(67-37-42-27-17-8-18-28-42)52(50)65-35-40-23-13-6-14-24-40)70-55-46(59-60-58)49(64-34-39-21-11-5-12-22-39)48(44(32-61)68-55)63-33-38-19-9-4-10-20-38/h4-28,43-55,61-62H,29-37H2,1-3H3/t43-,44+,45-,46+,47+,48+,49+,50-,51-,52-,53+,54+,55+,57+/m0/s1. The van der Waals surface area contributed by atoms with Gasteiger partial charge in [-0.3, -0.25) is 0 Å². The van der Waals surface area contributed by atoms with Gasteiger partial charge in [0.05, 0.1) is 45.7 Å². The molecule has 2 N–H and O–H groups in total. The van der Waals surface area contributed by atoms with Crippen molar-refractivity contribution in [3.8, 4) is 0 Å². The Morgan fingerprint density at radius 2 is 0.943 bits per heavy atom. The Balaban J connectivity index is 1.11. The molecule has 0 amide bonds. The third-order valence-electron chi connectivity index (χ3n) is 15.7. The number of benzene rings is 5. The van der Waals surface area contributed by atoms with Crippen LogP contribution in [0.5, 0.6) is 0 Å². The van der Waals surface area contributed by atoms with E-state index in [1.807, 2.05) is 152 Å². The summed E-state index contributed by atoms with van der Waals surface area (Å²) < 4.78 is 55.4. The van der Waals surface area contributed by atoms with Gasteiger partial charge < -0.3 is 48.1 Å². The van der Waals surface area contributed by atoms with Crippen molar-refractivity contribution in [1.82, 2.24) is 0 Å². The molecular formula is C57H67N3O10. The second-order valence-corrected chi connectivity index (χ2v) is 20.0. The third kappa shape index (κ3) is 11.1. The first kappa shape index (κ1) is 50.0. The van der Waals surface area contributed by atoms with Crippen LogP contribution in [0.1, 0.15) is 67.9 Å². The predicted molar refractivity (Wildman–Crippen MR) is 263 cm³/mol. The highest BCUT2D eigenvalue weighted by Crippen LogP contribution is 2.66. The summed E-state index contributed by atoms with van der Waals surface area (Å²) in [6, 6.07) is 47.7. The number of aliphatic hydroxyl groups is 2. The monoisotopic (exact) mass is 953 g/mol. The molecule has 1 heterocycles. The van der Waals surface area contributed by atoms with E-state index in [9.17, 15) is 15.7 Å². The van der Waals surface area contributed by atoms with Gasteiger partial charge in [-0.15, -0.1) is 0 Å². The van der Waals surface area contributed by atoms with Crippen molar-refractivity contribution in [3.63, 3.8) is 0 Å². The Morgan fingerprint density at radius 1 is 0.557 bits per heavy atom. The lowest BCUT2D eigenvalue weighted by atomic mass is 9.70. The molecule has 2 bridgehead atoms. The van der Waals surface area contributed by atoms with E-state index < -0.39 is 73.9 Å². The SMILES string of the molecule is CC1(C)[C@H]2CC[C@]1(C)[C@@H](O[C@H]1[C@@H](O)[C@H](O[C@H]3O[C@H](CO)[C@@H](OCc4ccccc4)[C@H](OCc4ccccc4)[C@H]3N=[N+]=[N-])[C@@H](OCc3ccccc3)[C@H](OCc3ccccc3)[C@H]1OCc1ccccc1)C2. The highest BCUT2D eigenvalue weighted by atomic mass is 16.7. The molecule has 1 saturated heterocycles. The zero-order valence-electron chi connectivity index (χ0n) is 40.3. The van der Waals surface area contributed by atoms with Gasteiger partial charge in [0.2, 0.25) is 0 Å². The molecule has 9 rings (SSSR count). The normalized spacial score (nSPS) is 32.3. The minimum atomic E-state index is -1.39. The molecule has 1 aliphatic heterocycles.